The molecule has 0 spiro atoms. The van der Waals surface area contributed by atoms with Crippen molar-refractivity contribution in [3.05, 3.63) is 6.20 Å². The van der Waals surface area contributed by atoms with Crippen molar-refractivity contribution in [1.82, 2.24) is 5.32 Å². The van der Waals surface area contributed by atoms with E-state index >= 15 is 0 Å². The molecular formula is C7H13N3. The molecule has 0 aliphatic rings. The van der Waals surface area contributed by atoms with E-state index in [0.29, 0.717) is 6.04 Å². The van der Waals surface area contributed by atoms with Crippen LogP contribution in [-0.4, -0.2) is 18.1 Å². The molecule has 10 heavy (non-hydrogen) atoms. The van der Waals surface area contributed by atoms with Crippen LogP contribution >= 0.6 is 0 Å². The Morgan fingerprint density at radius 3 is 2.70 bits per heavy atom. The number of nitrogens with one attached hydrogen (secondary N) is 1. The van der Waals surface area contributed by atoms with Gasteiger partial charge in [-0.25, -0.2) is 0 Å². The van der Waals surface area contributed by atoms with Crippen molar-refractivity contribution in [2.75, 3.05) is 0 Å². The van der Waals surface area contributed by atoms with E-state index in [-0.39, 0.29) is 0 Å². The van der Waals surface area contributed by atoms with Crippen molar-refractivity contribution in [3.8, 4) is 0 Å². The third-order valence-electron chi connectivity index (χ3n) is 0.712. The quantitative estimate of drug-likeness (QED) is 0.462. The summed E-state index contributed by atoms with van der Waals surface area (Å²) in [6.07, 6.45) is 3.26. The summed E-state index contributed by atoms with van der Waals surface area (Å²) < 4.78 is 0. The Kier molecular flexibility index (Phi) is 5.39. The fraction of sp³-hybridized carbons (Fsp3) is 0.571. The zero-order valence-electron chi connectivity index (χ0n) is 6.63. The van der Waals surface area contributed by atoms with Crippen molar-refractivity contribution in [2.24, 2.45) is 10.2 Å². The van der Waals surface area contributed by atoms with E-state index in [1.54, 1.807) is 19.3 Å². The van der Waals surface area contributed by atoms with Crippen LogP contribution in [0.1, 0.15) is 20.8 Å². The van der Waals surface area contributed by atoms with Crippen LogP contribution < -0.4 is 5.32 Å². The molecule has 0 saturated carbocycles. The summed E-state index contributed by atoms with van der Waals surface area (Å²) in [6.45, 7) is 5.89. The normalized spacial score (nSPS) is 9.60. The zero-order valence-corrected chi connectivity index (χ0v) is 6.63. The summed E-state index contributed by atoms with van der Waals surface area (Å²) in [7, 11) is 0. The number of nitrogens with zero attached hydrogens (tertiary/aromatic N) is 2. The second-order valence-electron chi connectivity index (χ2n) is 2.07. The predicted octanol–water partition coefficient (Wildman–Crippen LogP) is 1.17. The highest BCUT2D eigenvalue weighted by molar-refractivity contribution is 5.56. The highest BCUT2D eigenvalue weighted by atomic mass is 15.2. The molecule has 0 rings (SSSR count). The van der Waals surface area contributed by atoms with Gasteiger partial charge in [0.25, 0.3) is 0 Å². The van der Waals surface area contributed by atoms with Gasteiger partial charge in [-0.15, -0.1) is 5.10 Å². The molecule has 0 unspecified atom stereocenters. The topological polar surface area (TPSA) is 36.8 Å². The molecule has 0 radical (unpaired) electrons. The summed E-state index contributed by atoms with van der Waals surface area (Å²) >= 11 is 0. The largest absolute Gasteiger partial charge is 0.381 e. The summed E-state index contributed by atoms with van der Waals surface area (Å²) in [5, 5.41) is 10.2. The molecule has 0 atom stereocenters. The zero-order chi connectivity index (χ0) is 7.82. The molecule has 0 aromatic carbocycles. The van der Waals surface area contributed by atoms with Crippen LogP contribution in [-0.2, 0) is 0 Å². The van der Waals surface area contributed by atoms with Crippen LogP contribution in [0.2, 0.25) is 0 Å². The molecule has 0 fully saturated rings. The summed E-state index contributed by atoms with van der Waals surface area (Å²) in [6, 6.07) is 0.424. The van der Waals surface area contributed by atoms with Gasteiger partial charge >= 0.3 is 0 Å². The van der Waals surface area contributed by atoms with Gasteiger partial charge < -0.3 is 5.32 Å². The minimum Gasteiger partial charge on any atom is -0.381 e. The van der Waals surface area contributed by atoms with E-state index in [0.717, 1.165) is 0 Å². The Bertz CT molecular complexity index is 152. The SMILES string of the molecule is C/C=N\N=C=CNC(C)C. The van der Waals surface area contributed by atoms with E-state index in [1.807, 2.05) is 13.8 Å². The van der Waals surface area contributed by atoms with Crippen molar-refractivity contribution in [1.29, 1.82) is 0 Å². The molecule has 56 valence electrons. The molecule has 0 aliphatic carbocycles. The molecule has 0 saturated heterocycles. The van der Waals surface area contributed by atoms with Crippen molar-refractivity contribution < 1.29 is 0 Å². The van der Waals surface area contributed by atoms with Crippen LogP contribution in [0, 0.1) is 0 Å². The lowest BCUT2D eigenvalue weighted by molar-refractivity contribution is 0.706. The van der Waals surface area contributed by atoms with Gasteiger partial charge in [0.1, 0.15) is 0 Å². The van der Waals surface area contributed by atoms with Gasteiger partial charge in [-0.2, -0.15) is 5.10 Å². The molecule has 0 aliphatic heterocycles. The van der Waals surface area contributed by atoms with Gasteiger partial charge in [0.2, 0.25) is 0 Å². The minimum atomic E-state index is 0.424. The highest BCUT2D eigenvalue weighted by Crippen LogP contribution is 1.72. The predicted molar refractivity (Wildman–Crippen MR) is 44.4 cm³/mol. The molecule has 0 heterocycles. The number of rotatable bonds is 3. The smallest absolute Gasteiger partial charge is 0.0617 e. The van der Waals surface area contributed by atoms with E-state index in [2.05, 4.69) is 21.4 Å². The summed E-state index contributed by atoms with van der Waals surface area (Å²) in [4.78, 5) is 0. The monoisotopic (exact) mass is 139 g/mol. The maximum absolute atomic E-state index is 3.59. The van der Waals surface area contributed by atoms with Crippen molar-refractivity contribution in [3.63, 3.8) is 0 Å². The molecule has 3 heteroatoms. The Morgan fingerprint density at radius 2 is 2.20 bits per heavy atom. The Labute approximate surface area is 61.5 Å². The molecule has 3 nitrogen and oxygen atoms in total. The van der Waals surface area contributed by atoms with Crippen LogP contribution in [0.4, 0.5) is 0 Å². The van der Waals surface area contributed by atoms with Gasteiger partial charge in [-0.3, -0.25) is 0 Å². The molecule has 0 aromatic heterocycles. The second-order valence-corrected chi connectivity index (χ2v) is 2.07. The fourth-order valence-electron chi connectivity index (χ4n) is 0.324. The number of hydrogen-bond acceptors (Lipinski definition) is 3. The summed E-state index contributed by atoms with van der Waals surface area (Å²) in [5.74, 6) is 2.61. The molecule has 0 amide bonds. The fourth-order valence-corrected chi connectivity index (χ4v) is 0.324. The Morgan fingerprint density at radius 1 is 1.50 bits per heavy atom. The van der Waals surface area contributed by atoms with Gasteiger partial charge in [0.15, 0.2) is 0 Å². The average molecular weight is 139 g/mol. The Hall–Kier alpha value is -1.08. The first kappa shape index (κ1) is 8.92. The van der Waals surface area contributed by atoms with E-state index in [1.165, 1.54) is 0 Å². The van der Waals surface area contributed by atoms with Crippen LogP contribution in [0.15, 0.2) is 16.4 Å². The Balaban J connectivity index is 3.54. The first-order chi connectivity index (χ1) is 4.77. The van der Waals surface area contributed by atoms with E-state index < -0.39 is 0 Å². The highest BCUT2D eigenvalue weighted by Gasteiger charge is 1.80. The standard InChI is InChI=1S/C7H13N3/c1-4-9-10-6-5-8-7(2)3/h4-5,7-8H,1-3H3/b9-4-. The van der Waals surface area contributed by atoms with Crippen LogP contribution in [0.3, 0.4) is 0 Å². The second kappa shape index (κ2) is 6.05. The molecular weight excluding hydrogens is 126 g/mol. The third-order valence-corrected chi connectivity index (χ3v) is 0.712. The van der Waals surface area contributed by atoms with E-state index in [4.69, 9.17) is 0 Å². The van der Waals surface area contributed by atoms with Gasteiger partial charge in [0.05, 0.1) is 6.20 Å². The minimum absolute atomic E-state index is 0.424. The maximum Gasteiger partial charge on any atom is 0.0617 e. The van der Waals surface area contributed by atoms with Gasteiger partial charge in [-0.05, 0) is 20.8 Å². The lowest BCUT2D eigenvalue weighted by atomic mass is 10.4. The first-order valence-corrected chi connectivity index (χ1v) is 3.28. The molecule has 0 bridgehead atoms. The summed E-state index contributed by atoms with van der Waals surface area (Å²) in [5.41, 5.74) is 0. The molecule has 1 N–H and O–H groups in total. The average Bonchev–Trinajstić information content (AvgIpc) is 1.87. The maximum atomic E-state index is 3.59. The first-order valence-electron chi connectivity index (χ1n) is 3.28. The van der Waals surface area contributed by atoms with Crippen molar-refractivity contribution >= 4 is 12.1 Å². The molecule has 0 aromatic rings. The number of hydrogen-bond donors (Lipinski definition) is 1. The van der Waals surface area contributed by atoms with Crippen LogP contribution in [0.5, 0.6) is 0 Å². The lowest BCUT2D eigenvalue weighted by Crippen LogP contribution is -2.15. The van der Waals surface area contributed by atoms with Crippen molar-refractivity contribution in [2.45, 2.75) is 26.8 Å². The van der Waals surface area contributed by atoms with Gasteiger partial charge in [0, 0.05) is 18.1 Å². The van der Waals surface area contributed by atoms with Gasteiger partial charge in [-0.1, -0.05) is 0 Å². The van der Waals surface area contributed by atoms with E-state index in [9.17, 15) is 0 Å². The van der Waals surface area contributed by atoms with Crippen LogP contribution in [0.25, 0.3) is 0 Å². The lowest BCUT2D eigenvalue weighted by Gasteiger charge is -1.98. The third kappa shape index (κ3) is 6.92.